The molecule has 0 fully saturated rings. The summed E-state index contributed by atoms with van der Waals surface area (Å²) in [5.74, 6) is 5.18. The molecular formula is C10H12N2O2. The van der Waals surface area contributed by atoms with Crippen molar-refractivity contribution in [3.05, 3.63) is 18.2 Å². The van der Waals surface area contributed by atoms with Crippen molar-refractivity contribution in [2.24, 2.45) is 7.05 Å². The molecular weight excluding hydrogens is 180 g/mol. The highest BCUT2D eigenvalue weighted by Gasteiger charge is 1.96. The molecule has 1 heterocycles. The van der Waals surface area contributed by atoms with Crippen molar-refractivity contribution in [1.29, 1.82) is 0 Å². The standard InChI is InChI=1S/C10H12N2O2/c1-3-14-10(13)6-4-5-9-7-12(2)8-11-9/h7-8H,3,6H2,1-2H3. The highest BCUT2D eigenvalue weighted by atomic mass is 16.5. The molecule has 0 aliphatic heterocycles. The molecule has 0 saturated carbocycles. The maximum Gasteiger partial charge on any atom is 0.317 e. The fraction of sp³-hybridized carbons (Fsp3) is 0.400. The largest absolute Gasteiger partial charge is 0.465 e. The second-order valence-electron chi connectivity index (χ2n) is 2.71. The van der Waals surface area contributed by atoms with Gasteiger partial charge in [-0.05, 0) is 12.8 Å². The van der Waals surface area contributed by atoms with Gasteiger partial charge in [-0.2, -0.15) is 0 Å². The summed E-state index contributed by atoms with van der Waals surface area (Å²) in [7, 11) is 1.86. The zero-order valence-corrected chi connectivity index (χ0v) is 8.28. The van der Waals surface area contributed by atoms with Crippen molar-refractivity contribution in [1.82, 2.24) is 9.55 Å². The van der Waals surface area contributed by atoms with Crippen LogP contribution in [0.2, 0.25) is 0 Å². The number of aryl methyl sites for hydroxylation is 1. The summed E-state index contributed by atoms with van der Waals surface area (Å²) in [6, 6.07) is 0. The SMILES string of the molecule is CCOC(=O)CC#Cc1cn(C)cn1. The molecule has 0 atom stereocenters. The minimum Gasteiger partial charge on any atom is -0.465 e. The number of carbonyl (C=O) groups is 1. The van der Waals surface area contributed by atoms with Crippen LogP contribution in [0.5, 0.6) is 0 Å². The van der Waals surface area contributed by atoms with Crippen LogP contribution in [0, 0.1) is 11.8 Å². The molecule has 0 saturated heterocycles. The number of nitrogens with zero attached hydrogens (tertiary/aromatic N) is 2. The van der Waals surface area contributed by atoms with E-state index in [0.717, 1.165) is 0 Å². The lowest BCUT2D eigenvalue weighted by atomic mass is 10.4. The highest BCUT2D eigenvalue weighted by Crippen LogP contribution is 1.91. The summed E-state index contributed by atoms with van der Waals surface area (Å²) >= 11 is 0. The topological polar surface area (TPSA) is 44.1 Å². The Kier molecular flexibility index (Phi) is 3.74. The first-order valence-electron chi connectivity index (χ1n) is 4.35. The Morgan fingerprint density at radius 1 is 1.71 bits per heavy atom. The van der Waals surface area contributed by atoms with Gasteiger partial charge in [0.1, 0.15) is 12.1 Å². The third-order valence-electron chi connectivity index (χ3n) is 1.46. The summed E-state index contributed by atoms with van der Waals surface area (Å²) in [5.41, 5.74) is 0.664. The zero-order valence-electron chi connectivity index (χ0n) is 8.28. The van der Waals surface area contributed by atoms with Crippen LogP contribution in [0.25, 0.3) is 0 Å². The Morgan fingerprint density at radius 2 is 2.50 bits per heavy atom. The number of esters is 1. The Morgan fingerprint density at radius 3 is 3.07 bits per heavy atom. The van der Waals surface area contributed by atoms with Gasteiger partial charge in [-0.3, -0.25) is 4.79 Å². The molecule has 74 valence electrons. The van der Waals surface area contributed by atoms with Crippen molar-refractivity contribution in [3.63, 3.8) is 0 Å². The van der Waals surface area contributed by atoms with E-state index in [1.54, 1.807) is 24.0 Å². The summed E-state index contributed by atoms with van der Waals surface area (Å²) in [6.07, 6.45) is 3.57. The quantitative estimate of drug-likeness (QED) is 0.512. The molecule has 0 unspecified atom stereocenters. The molecule has 1 rings (SSSR count). The number of rotatable bonds is 2. The molecule has 4 nitrogen and oxygen atoms in total. The summed E-state index contributed by atoms with van der Waals surface area (Å²) < 4.78 is 6.52. The van der Waals surface area contributed by atoms with Crippen LogP contribution < -0.4 is 0 Å². The van der Waals surface area contributed by atoms with Gasteiger partial charge in [-0.15, -0.1) is 0 Å². The number of hydrogen-bond acceptors (Lipinski definition) is 3. The Balaban J connectivity index is 2.44. The minimum atomic E-state index is -0.295. The lowest BCUT2D eigenvalue weighted by molar-refractivity contribution is -0.141. The van der Waals surface area contributed by atoms with Crippen molar-refractivity contribution >= 4 is 5.97 Å². The Hall–Kier alpha value is -1.76. The third kappa shape index (κ3) is 3.31. The van der Waals surface area contributed by atoms with Crippen LogP contribution in [0.1, 0.15) is 19.0 Å². The van der Waals surface area contributed by atoms with Crippen LogP contribution in [0.4, 0.5) is 0 Å². The Bertz CT molecular complexity index is 371. The summed E-state index contributed by atoms with van der Waals surface area (Å²) in [6.45, 7) is 2.16. The third-order valence-corrected chi connectivity index (χ3v) is 1.46. The van der Waals surface area contributed by atoms with Crippen molar-refractivity contribution in [2.75, 3.05) is 6.61 Å². The molecule has 4 heteroatoms. The molecule has 1 aromatic heterocycles. The van der Waals surface area contributed by atoms with Crippen molar-refractivity contribution < 1.29 is 9.53 Å². The zero-order chi connectivity index (χ0) is 10.4. The van der Waals surface area contributed by atoms with E-state index in [4.69, 9.17) is 4.74 Å². The molecule has 0 aliphatic rings. The molecule has 0 spiro atoms. The number of carbonyl (C=O) groups excluding carboxylic acids is 1. The first-order chi connectivity index (χ1) is 6.72. The van der Waals surface area contributed by atoms with Crippen LogP contribution in [-0.2, 0) is 16.6 Å². The fourth-order valence-corrected chi connectivity index (χ4v) is 0.896. The van der Waals surface area contributed by atoms with Gasteiger partial charge in [0, 0.05) is 13.2 Å². The van der Waals surface area contributed by atoms with E-state index < -0.39 is 0 Å². The van der Waals surface area contributed by atoms with Gasteiger partial charge >= 0.3 is 5.97 Å². The van der Waals surface area contributed by atoms with Gasteiger partial charge in [-0.1, -0.05) is 5.92 Å². The van der Waals surface area contributed by atoms with E-state index in [2.05, 4.69) is 16.8 Å². The average Bonchev–Trinajstić information content (AvgIpc) is 2.52. The molecule has 0 amide bonds. The highest BCUT2D eigenvalue weighted by molar-refractivity contribution is 5.72. The second-order valence-corrected chi connectivity index (χ2v) is 2.71. The smallest absolute Gasteiger partial charge is 0.317 e. The fourth-order valence-electron chi connectivity index (χ4n) is 0.896. The minimum absolute atomic E-state index is 0.115. The van der Waals surface area contributed by atoms with E-state index >= 15 is 0 Å². The van der Waals surface area contributed by atoms with E-state index in [1.807, 2.05) is 7.05 Å². The van der Waals surface area contributed by atoms with Crippen molar-refractivity contribution in [3.8, 4) is 11.8 Å². The van der Waals surface area contributed by atoms with Gasteiger partial charge < -0.3 is 9.30 Å². The van der Waals surface area contributed by atoms with Gasteiger partial charge in [0.15, 0.2) is 0 Å². The van der Waals surface area contributed by atoms with Crippen LogP contribution in [0.3, 0.4) is 0 Å². The molecule has 0 radical (unpaired) electrons. The normalized spacial score (nSPS) is 9.00. The van der Waals surface area contributed by atoms with Gasteiger partial charge in [-0.25, -0.2) is 4.98 Å². The summed E-state index contributed by atoms with van der Waals surface area (Å²) in [5, 5.41) is 0. The summed E-state index contributed by atoms with van der Waals surface area (Å²) in [4.78, 5) is 14.9. The Labute approximate surface area is 82.9 Å². The van der Waals surface area contributed by atoms with Gasteiger partial charge in [0.05, 0.1) is 12.9 Å². The molecule has 0 aromatic carbocycles. The maximum absolute atomic E-state index is 10.9. The lowest BCUT2D eigenvalue weighted by Crippen LogP contribution is -2.01. The monoisotopic (exact) mass is 192 g/mol. The number of hydrogen-bond donors (Lipinski definition) is 0. The second kappa shape index (κ2) is 5.07. The van der Waals surface area contributed by atoms with Crippen LogP contribution >= 0.6 is 0 Å². The molecule has 14 heavy (non-hydrogen) atoms. The first-order valence-corrected chi connectivity index (χ1v) is 4.35. The molecule has 0 N–H and O–H groups in total. The molecule has 1 aromatic rings. The van der Waals surface area contributed by atoms with E-state index in [1.165, 1.54) is 0 Å². The maximum atomic E-state index is 10.9. The van der Waals surface area contributed by atoms with Crippen LogP contribution in [-0.4, -0.2) is 22.1 Å². The number of ether oxygens (including phenoxy) is 1. The van der Waals surface area contributed by atoms with Gasteiger partial charge in [0.2, 0.25) is 0 Å². The number of imidazole rings is 1. The van der Waals surface area contributed by atoms with E-state index in [-0.39, 0.29) is 12.4 Å². The molecule has 0 aliphatic carbocycles. The van der Waals surface area contributed by atoms with Crippen LogP contribution in [0.15, 0.2) is 12.5 Å². The predicted molar refractivity (Wildman–Crippen MR) is 51.3 cm³/mol. The first kappa shape index (κ1) is 10.3. The molecule has 0 bridgehead atoms. The number of aromatic nitrogens is 2. The predicted octanol–water partition coefficient (Wildman–Crippen LogP) is 0.725. The average molecular weight is 192 g/mol. The lowest BCUT2D eigenvalue weighted by Gasteiger charge is -1.94. The van der Waals surface area contributed by atoms with Crippen molar-refractivity contribution in [2.45, 2.75) is 13.3 Å². The van der Waals surface area contributed by atoms with E-state index in [0.29, 0.717) is 12.3 Å². The van der Waals surface area contributed by atoms with E-state index in [9.17, 15) is 4.79 Å². The van der Waals surface area contributed by atoms with Gasteiger partial charge in [0.25, 0.3) is 0 Å².